The van der Waals surface area contributed by atoms with E-state index in [0.717, 1.165) is 24.1 Å². The highest BCUT2D eigenvalue weighted by atomic mass is 35.5. The van der Waals surface area contributed by atoms with E-state index in [1.807, 2.05) is 5.38 Å². The molecule has 1 aromatic heterocycles. The minimum absolute atomic E-state index is 0.572. The van der Waals surface area contributed by atoms with Gasteiger partial charge < -0.3 is 5.73 Å². The number of nitrogens with zero attached hydrogens (tertiary/aromatic N) is 1. The van der Waals surface area contributed by atoms with E-state index >= 15 is 0 Å². The van der Waals surface area contributed by atoms with Gasteiger partial charge in [-0.05, 0) is 24.0 Å². The van der Waals surface area contributed by atoms with Gasteiger partial charge in [0.15, 0.2) is 5.13 Å². The van der Waals surface area contributed by atoms with E-state index in [-0.39, 0.29) is 0 Å². The molecule has 0 atom stereocenters. The lowest BCUT2D eigenvalue weighted by Crippen LogP contribution is -1.92. The summed E-state index contributed by atoms with van der Waals surface area (Å²) in [6, 6.07) is 8.37. The molecule has 4 heteroatoms. The molecular formula is C12H13ClN2S. The standard InChI is InChI=1S/C12H13ClN2S/c13-7-10-3-1-9(2-4-10)5-6-11-8-16-12(14)15-11/h1-4,8H,5-7H2,(H2,14,15). The minimum atomic E-state index is 0.572. The largest absolute Gasteiger partial charge is 0.375 e. The summed E-state index contributed by atoms with van der Waals surface area (Å²) in [4.78, 5) is 4.23. The van der Waals surface area contributed by atoms with Crippen molar-refractivity contribution in [1.29, 1.82) is 0 Å². The Bertz CT molecular complexity index is 450. The quantitative estimate of drug-likeness (QED) is 0.849. The normalized spacial score (nSPS) is 10.6. The first-order valence-corrected chi connectivity index (χ1v) is 6.53. The van der Waals surface area contributed by atoms with Crippen molar-refractivity contribution in [3.05, 3.63) is 46.5 Å². The summed E-state index contributed by atoms with van der Waals surface area (Å²) in [5.74, 6) is 0.572. The Morgan fingerprint density at radius 2 is 1.81 bits per heavy atom. The van der Waals surface area contributed by atoms with Crippen molar-refractivity contribution in [3.8, 4) is 0 Å². The molecule has 2 aromatic rings. The van der Waals surface area contributed by atoms with Crippen molar-refractivity contribution in [1.82, 2.24) is 4.98 Å². The van der Waals surface area contributed by atoms with Crippen LogP contribution in [-0.4, -0.2) is 4.98 Å². The van der Waals surface area contributed by atoms with Crippen molar-refractivity contribution >= 4 is 28.1 Å². The lowest BCUT2D eigenvalue weighted by molar-refractivity contribution is 0.926. The highest BCUT2D eigenvalue weighted by molar-refractivity contribution is 7.13. The predicted octanol–water partition coefficient (Wildman–Crippen LogP) is 3.25. The summed E-state index contributed by atoms with van der Waals surface area (Å²) in [7, 11) is 0. The van der Waals surface area contributed by atoms with Gasteiger partial charge in [-0.1, -0.05) is 24.3 Å². The third-order valence-corrected chi connectivity index (χ3v) is 3.45. The maximum absolute atomic E-state index is 5.73. The predicted molar refractivity (Wildman–Crippen MR) is 69.9 cm³/mol. The Hall–Kier alpha value is -1.06. The number of hydrogen-bond acceptors (Lipinski definition) is 3. The zero-order chi connectivity index (χ0) is 11.4. The number of nitrogen functional groups attached to an aromatic ring is 1. The van der Waals surface area contributed by atoms with Crippen LogP contribution >= 0.6 is 22.9 Å². The second-order valence-electron chi connectivity index (χ2n) is 3.63. The smallest absolute Gasteiger partial charge is 0.180 e. The zero-order valence-corrected chi connectivity index (χ0v) is 10.4. The molecule has 0 aliphatic heterocycles. The van der Waals surface area contributed by atoms with E-state index in [2.05, 4.69) is 29.2 Å². The molecule has 0 unspecified atom stereocenters. The number of alkyl halides is 1. The first-order chi connectivity index (χ1) is 7.78. The van der Waals surface area contributed by atoms with Crippen molar-refractivity contribution in [2.75, 3.05) is 5.73 Å². The number of hydrogen-bond donors (Lipinski definition) is 1. The Morgan fingerprint density at radius 3 is 2.38 bits per heavy atom. The molecule has 16 heavy (non-hydrogen) atoms. The van der Waals surface area contributed by atoms with Gasteiger partial charge in [0.2, 0.25) is 0 Å². The molecule has 2 rings (SSSR count). The number of anilines is 1. The number of nitrogens with two attached hydrogens (primary N) is 1. The number of benzene rings is 1. The Kier molecular flexibility index (Phi) is 3.80. The first-order valence-electron chi connectivity index (χ1n) is 5.11. The fourth-order valence-electron chi connectivity index (χ4n) is 1.50. The molecule has 0 aliphatic carbocycles. The summed E-state index contributed by atoms with van der Waals surface area (Å²) < 4.78 is 0. The van der Waals surface area contributed by atoms with Gasteiger partial charge in [0.1, 0.15) is 0 Å². The molecule has 2 N–H and O–H groups in total. The summed E-state index contributed by atoms with van der Waals surface area (Å²) in [6.07, 6.45) is 1.93. The van der Waals surface area contributed by atoms with Crippen LogP contribution in [0.15, 0.2) is 29.6 Å². The highest BCUT2D eigenvalue weighted by Gasteiger charge is 2.00. The first kappa shape index (κ1) is 11.4. The Morgan fingerprint density at radius 1 is 1.12 bits per heavy atom. The van der Waals surface area contributed by atoms with Gasteiger partial charge in [-0.3, -0.25) is 0 Å². The van der Waals surface area contributed by atoms with Gasteiger partial charge in [-0.25, -0.2) is 4.98 Å². The van der Waals surface area contributed by atoms with E-state index in [9.17, 15) is 0 Å². The van der Waals surface area contributed by atoms with Gasteiger partial charge in [-0.2, -0.15) is 0 Å². The van der Waals surface area contributed by atoms with Crippen molar-refractivity contribution in [2.45, 2.75) is 18.7 Å². The van der Waals surface area contributed by atoms with E-state index < -0.39 is 0 Å². The van der Waals surface area contributed by atoms with Crippen LogP contribution < -0.4 is 5.73 Å². The van der Waals surface area contributed by atoms with Gasteiger partial charge >= 0.3 is 0 Å². The zero-order valence-electron chi connectivity index (χ0n) is 8.82. The van der Waals surface area contributed by atoms with Crippen LogP contribution in [0.3, 0.4) is 0 Å². The Balaban J connectivity index is 1.94. The molecule has 1 aromatic carbocycles. The molecular weight excluding hydrogens is 240 g/mol. The highest BCUT2D eigenvalue weighted by Crippen LogP contribution is 2.14. The summed E-state index contributed by atoms with van der Waals surface area (Å²) in [6.45, 7) is 0. The van der Waals surface area contributed by atoms with E-state index in [4.69, 9.17) is 17.3 Å². The number of rotatable bonds is 4. The van der Waals surface area contributed by atoms with Crippen LogP contribution in [0.5, 0.6) is 0 Å². The van der Waals surface area contributed by atoms with Crippen LogP contribution in [0.1, 0.15) is 16.8 Å². The lowest BCUT2D eigenvalue weighted by Gasteiger charge is -2.00. The van der Waals surface area contributed by atoms with Crippen LogP contribution in [-0.2, 0) is 18.7 Å². The minimum Gasteiger partial charge on any atom is -0.375 e. The van der Waals surface area contributed by atoms with Crippen LogP contribution in [0, 0.1) is 0 Å². The monoisotopic (exact) mass is 252 g/mol. The molecule has 0 radical (unpaired) electrons. The Labute approximate surface area is 104 Å². The number of thiazole rings is 1. The van der Waals surface area contributed by atoms with Crippen molar-refractivity contribution in [3.63, 3.8) is 0 Å². The van der Waals surface area contributed by atoms with Gasteiger partial charge in [-0.15, -0.1) is 22.9 Å². The molecule has 84 valence electrons. The number of halogens is 1. The second-order valence-corrected chi connectivity index (χ2v) is 4.78. The molecule has 0 saturated heterocycles. The van der Waals surface area contributed by atoms with Crippen LogP contribution in [0.2, 0.25) is 0 Å². The van der Waals surface area contributed by atoms with Gasteiger partial charge in [0.25, 0.3) is 0 Å². The topological polar surface area (TPSA) is 38.9 Å². The second kappa shape index (κ2) is 5.32. The van der Waals surface area contributed by atoms with Crippen molar-refractivity contribution in [2.24, 2.45) is 0 Å². The summed E-state index contributed by atoms with van der Waals surface area (Å²) in [5.41, 5.74) is 9.11. The maximum Gasteiger partial charge on any atom is 0.180 e. The molecule has 0 fully saturated rings. The SMILES string of the molecule is Nc1nc(CCc2ccc(CCl)cc2)cs1. The summed E-state index contributed by atoms with van der Waals surface area (Å²) >= 11 is 7.23. The number of aromatic nitrogens is 1. The summed E-state index contributed by atoms with van der Waals surface area (Å²) in [5, 5.41) is 2.66. The third-order valence-electron chi connectivity index (χ3n) is 2.42. The molecule has 0 aliphatic rings. The van der Waals surface area contributed by atoms with Gasteiger partial charge in [0, 0.05) is 11.3 Å². The third kappa shape index (κ3) is 2.97. The van der Waals surface area contributed by atoms with Crippen molar-refractivity contribution < 1.29 is 0 Å². The molecule has 0 spiro atoms. The fourth-order valence-corrected chi connectivity index (χ4v) is 2.28. The lowest BCUT2D eigenvalue weighted by atomic mass is 10.1. The van der Waals surface area contributed by atoms with Gasteiger partial charge in [0.05, 0.1) is 5.69 Å². The van der Waals surface area contributed by atoms with E-state index in [1.165, 1.54) is 16.9 Å². The van der Waals surface area contributed by atoms with E-state index in [0.29, 0.717) is 11.0 Å². The maximum atomic E-state index is 5.73. The molecule has 0 amide bonds. The fraction of sp³-hybridized carbons (Fsp3) is 0.250. The average molecular weight is 253 g/mol. The molecule has 2 nitrogen and oxygen atoms in total. The average Bonchev–Trinajstić information content (AvgIpc) is 2.73. The molecule has 0 bridgehead atoms. The molecule has 0 saturated carbocycles. The van der Waals surface area contributed by atoms with Crippen LogP contribution in [0.4, 0.5) is 5.13 Å². The molecule has 1 heterocycles. The number of aryl methyl sites for hydroxylation is 2. The van der Waals surface area contributed by atoms with E-state index in [1.54, 1.807) is 0 Å². The van der Waals surface area contributed by atoms with Crippen LogP contribution in [0.25, 0.3) is 0 Å².